The van der Waals surface area contributed by atoms with E-state index in [-0.39, 0.29) is 0 Å². The average molecular weight is 193 g/mol. The van der Waals surface area contributed by atoms with Crippen LogP contribution < -0.4 is 0 Å². The highest BCUT2D eigenvalue weighted by Crippen LogP contribution is 2.18. The molecule has 0 atom stereocenters. The number of ether oxygens (including phenoxy) is 1. The molecule has 0 amide bonds. The molecule has 14 heavy (non-hydrogen) atoms. The van der Waals surface area contributed by atoms with Crippen molar-refractivity contribution in [2.24, 2.45) is 0 Å². The zero-order valence-electron chi connectivity index (χ0n) is 8.44. The van der Waals surface area contributed by atoms with Crippen molar-refractivity contribution < 1.29 is 4.74 Å². The van der Waals surface area contributed by atoms with Crippen molar-refractivity contribution in [2.45, 2.75) is 26.1 Å². The molecule has 0 saturated carbocycles. The van der Waals surface area contributed by atoms with E-state index in [0.717, 1.165) is 38.5 Å². The number of aryl methyl sites for hydroxylation is 1. The van der Waals surface area contributed by atoms with E-state index in [4.69, 9.17) is 4.74 Å². The zero-order chi connectivity index (χ0) is 9.54. The predicted molar refractivity (Wildman–Crippen MR) is 52.0 cm³/mol. The quantitative estimate of drug-likeness (QED) is 0.647. The van der Waals surface area contributed by atoms with Crippen LogP contribution in [-0.4, -0.2) is 40.3 Å². The summed E-state index contributed by atoms with van der Waals surface area (Å²) in [6, 6.07) is 0.640. The second kappa shape index (κ2) is 3.07. The summed E-state index contributed by atoms with van der Waals surface area (Å²) in [6.07, 6.45) is 2.14. The SMILES string of the molecule is Cc1cn2c(n1)CN(C1COC1)CC2. The first-order valence-corrected chi connectivity index (χ1v) is 5.17. The number of fused-ring (bicyclic) bond motifs is 1. The molecule has 1 aromatic heterocycles. The van der Waals surface area contributed by atoms with Crippen LogP contribution in [0.3, 0.4) is 0 Å². The van der Waals surface area contributed by atoms with Crippen LogP contribution in [0.2, 0.25) is 0 Å². The summed E-state index contributed by atoms with van der Waals surface area (Å²) in [6.45, 7) is 7.06. The lowest BCUT2D eigenvalue weighted by molar-refractivity contribution is -0.0734. The van der Waals surface area contributed by atoms with Crippen LogP contribution in [0.5, 0.6) is 0 Å². The van der Waals surface area contributed by atoms with Gasteiger partial charge in [-0.05, 0) is 6.92 Å². The van der Waals surface area contributed by atoms with Gasteiger partial charge in [0.15, 0.2) is 0 Å². The lowest BCUT2D eigenvalue weighted by Crippen LogP contribution is -2.51. The minimum absolute atomic E-state index is 0.640. The summed E-state index contributed by atoms with van der Waals surface area (Å²) >= 11 is 0. The molecule has 1 fully saturated rings. The fourth-order valence-corrected chi connectivity index (χ4v) is 2.16. The third-order valence-corrected chi connectivity index (χ3v) is 3.09. The van der Waals surface area contributed by atoms with Crippen molar-refractivity contribution in [3.8, 4) is 0 Å². The normalized spacial score (nSPS) is 23.2. The predicted octanol–water partition coefficient (Wildman–Crippen LogP) is 0.406. The maximum Gasteiger partial charge on any atom is 0.123 e. The standard InChI is InChI=1S/C10H15N3O/c1-8-4-13-3-2-12(5-10(13)11-8)9-6-14-7-9/h4,9H,2-3,5-7H2,1H3. The molecule has 0 unspecified atom stereocenters. The average Bonchev–Trinajstić information content (AvgIpc) is 2.40. The van der Waals surface area contributed by atoms with Crippen LogP contribution >= 0.6 is 0 Å². The van der Waals surface area contributed by atoms with E-state index in [1.807, 2.05) is 0 Å². The molecule has 0 aromatic carbocycles. The Bertz CT molecular complexity index is 343. The molecular weight excluding hydrogens is 178 g/mol. The number of aromatic nitrogens is 2. The van der Waals surface area contributed by atoms with Crippen LogP contribution in [0.15, 0.2) is 6.20 Å². The van der Waals surface area contributed by atoms with Crippen LogP contribution in [0, 0.1) is 6.92 Å². The van der Waals surface area contributed by atoms with Gasteiger partial charge in [-0.3, -0.25) is 4.90 Å². The van der Waals surface area contributed by atoms with E-state index < -0.39 is 0 Å². The molecular formula is C10H15N3O. The van der Waals surface area contributed by atoms with Crippen LogP contribution in [0.4, 0.5) is 0 Å². The molecule has 1 aromatic rings. The van der Waals surface area contributed by atoms with Gasteiger partial charge < -0.3 is 9.30 Å². The minimum Gasteiger partial charge on any atom is -0.378 e. The monoisotopic (exact) mass is 193 g/mol. The number of rotatable bonds is 1. The Hall–Kier alpha value is -0.870. The Balaban J connectivity index is 1.78. The van der Waals surface area contributed by atoms with Crippen molar-refractivity contribution in [1.82, 2.24) is 14.5 Å². The molecule has 2 aliphatic heterocycles. The molecule has 4 heteroatoms. The first-order chi connectivity index (χ1) is 6.83. The smallest absolute Gasteiger partial charge is 0.123 e. The van der Waals surface area contributed by atoms with E-state index >= 15 is 0 Å². The maximum atomic E-state index is 5.21. The second-order valence-electron chi connectivity index (χ2n) is 4.15. The first-order valence-electron chi connectivity index (χ1n) is 5.17. The summed E-state index contributed by atoms with van der Waals surface area (Å²) in [7, 11) is 0. The van der Waals surface area contributed by atoms with Gasteiger partial charge in [0, 0.05) is 19.3 Å². The van der Waals surface area contributed by atoms with Gasteiger partial charge in [-0.25, -0.2) is 4.98 Å². The van der Waals surface area contributed by atoms with Gasteiger partial charge in [-0.1, -0.05) is 0 Å². The van der Waals surface area contributed by atoms with Gasteiger partial charge in [0.25, 0.3) is 0 Å². The van der Waals surface area contributed by atoms with E-state index in [1.54, 1.807) is 0 Å². The lowest BCUT2D eigenvalue weighted by Gasteiger charge is -2.39. The van der Waals surface area contributed by atoms with Crippen LogP contribution in [0.25, 0.3) is 0 Å². The number of hydrogen-bond donors (Lipinski definition) is 0. The van der Waals surface area contributed by atoms with Gasteiger partial charge in [0.05, 0.1) is 31.5 Å². The number of imidazole rings is 1. The Morgan fingerprint density at radius 3 is 3.00 bits per heavy atom. The summed E-state index contributed by atoms with van der Waals surface area (Å²) in [5, 5.41) is 0. The Morgan fingerprint density at radius 2 is 2.29 bits per heavy atom. The van der Waals surface area contributed by atoms with Crippen molar-refractivity contribution in [1.29, 1.82) is 0 Å². The molecule has 0 bridgehead atoms. The second-order valence-corrected chi connectivity index (χ2v) is 4.15. The molecule has 0 spiro atoms. The maximum absolute atomic E-state index is 5.21. The largest absolute Gasteiger partial charge is 0.378 e. The van der Waals surface area contributed by atoms with Crippen molar-refractivity contribution >= 4 is 0 Å². The highest BCUT2D eigenvalue weighted by Gasteiger charge is 2.29. The molecule has 0 aliphatic carbocycles. The van der Waals surface area contributed by atoms with Gasteiger partial charge >= 0.3 is 0 Å². The third kappa shape index (κ3) is 1.26. The molecule has 76 valence electrons. The number of nitrogens with zero attached hydrogens (tertiary/aromatic N) is 3. The van der Waals surface area contributed by atoms with Gasteiger partial charge in [0.1, 0.15) is 5.82 Å². The van der Waals surface area contributed by atoms with Crippen molar-refractivity contribution in [2.75, 3.05) is 19.8 Å². The molecule has 4 nitrogen and oxygen atoms in total. The summed E-state index contributed by atoms with van der Waals surface area (Å²) < 4.78 is 7.48. The summed E-state index contributed by atoms with van der Waals surface area (Å²) in [5.41, 5.74) is 1.13. The van der Waals surface area contributed by atoms with E-state index in [0.29, 0.717) is 6.04 Å². The Kier molecular flexibility index (Phi) is 1.85. The zero-order valence-corrected chi connectivity index (χ0v) is 8.44. The topological polar surface area (TPSA) is 30.3 Å². The lowest BCUT2D eigenvalue weighted by atomic mass is 10.2. The molecule has 3 heterocycles. The fourth-order valence-electron chi connectivity index (χ4n) is 2.16. The van der Waals surface area contributed by atoms with Crippen molar-refractivity contribution in [3.63, 3.8) is 0 Å². The van der Waals surface area contributed by atoms with Crippen molar-refractivity contribution in [3.05, 3.63) is 17.7 Å². The van der Waals surface area contributed by atoms with Gasteiger partial charge in [0.2, 0.25) is 0 Å². The number of hydrogen-bond acceptors (Lipinski definition) is 3. The van der Waals surface area contributed by atoms with Crippen LogP contribution in [0.1, 0.15) is 11.5 Å². The Morgan fingerprint density at radius 1 is 1.43 bits per heavy atom. The third-order valence-electron chi connectivity index (χ3n) is 3.09. The highest BCUT2D eigenvalue weighted by molar-refractivity contribution is 5.04. The fraction of sp³-hybridized carbons (Fsp3) is 0.700. The first kappa shape index (κ1) is 8.44. The minimum atomic E-state index is 0.640. The Labute approximate surface area is 83.5 Å². The van der Waals surface area contributed by atoms with E-state index in [2.05, 4.69) is 27.6 Å². The van der Waals surface area contributed by atoms with Gasteiger partial charge in [-0.15, -0.1) is 0 Å². The molecule has 1 saturated heterocycles. The van der Waals surface area contributed by atoms with E-state index in [1.165, 1.54) is 5.82 Å². The van der Waals surface area contributed by atoms with Crippen LogP contribution in [-0.2, 0) is 17.8 Å². The molecule has 0 N–H and O–H groups in total. The summed E-state index contributed by atoms with van der Waals surface area (Å²) in [4.78, 5) is 7.00. The van der Waals surface area contributed by atoms with E-state index in [9.17, 15) is 0 Å². The molecule has 0 radical (unpaired) electrons. The summed E-state index contributed by atoms with van der Waals surface area (Å²) in [5.74, 6) is 1.21. The highest BCUT2D eigenvalue weighted by atomic mass is 16.5. The van der Waals surface area contributed by atoms with Gasteiger partial charge in [-0.2, -0.15) is 0 Å². The molecule has 3 rings (SSSR count). The molecule has 2 aliphatic rings.